The molecule has 10 nitrogen and oxygen atoms in total. The molecule has 39 heavy (non-hydrogen) atoms. The highest BCUT2D eigenvalue weighted by Crippen LogP contribution is 2.24. The molecule has 5 rings (SSSR count). The van der Waals surface area contributed by atoms with Gasteiger partial charge in [0.2, 0.25) is 21.8 Å². The third-order valence-corrected chi connectivity index (χ3v) is 9.35. The van der Waals surface area contributed by atoms with E-state index in [9.17, 15) is 18.0 Å². The lowest BCUT2D eigenvalue weighted by Crippen LogP contribution is -2.54. The van der Waals surface area contributed by atoms with Crippen LogP contribution in [0.25, 0.3) is 10.8 Å². The fraction of sp³-hybridized carbons (Fsp3) is 0.444. The highest BCUT2D eigenvalue weighted by Gasteiger charge is 2.40. The Hall–Kier alpha value is -2.99. The van der Waals surface area contributed by atoms with Gasteiger partial charge in [-0.25, -0.2) is 13.4 Å². The normalized spacial score (nSPS) is 21.1. The number of benzene rings is 2. The fourth-order valence-electron chi connectivity index (χ4n) is 5.36. The number of nitrogens with zero attached hydrogens (tertiary/aromatic N) is 4. The van der Waals surface area contributed by atoms with E-state index in [2.05, 4.69) is 15.0 Å². The van der Waals surface area contributed by atoms with Crippen molar-refractivity contribution in [3.63, 3.8) is 0 Å². The summed E-state index contributed by atoms with van der Waals surface area (Å²) in [4.78, 5) is 34.3. The van der Waals surface area contributed by atoms with E-state index in [4.69, 9.17) is 11.6 Å². The van der Waals surface area contributed by atoms with Gasteiger partial charge < -0.3 is 19.7 Å². The van der Waals surface area contributed by atoms with Crippen LogP contribution in [0, 0.1) is 0 Å². The van der Waals surface area contributed by atoms with Crippen LogP contribution in [0.4, 0.5) is 0 Å². The van der Waals surface area contributed by atoms with Crippen molar-refractivity contribution in [3.8, 4) is 0 Å². The number of amides is 2. The van der Waals surface area contributed by atoms with Crippen LogP contribution in [0.3, 0.4) is 0 Å². The zero-order valence-corrected chi connectivity index (χ0v) is 23.6. The molecule has 0 saturated carbocycles. The lowest BCUT2D eigenvalue weighted by atomic mass is 10.0. The third kappa shape index (κ3) is 5.96. The Balaban J connectivity index is 1.19. The molecule has 2 fully saturated rings. The molecule has 1 unspecified atom stereocenters. The molecule has 3 aromatic rings. The van der Waals surface area contributed by atoms with E-state index in [1.165, 1.54) is 11.0 Å². The smallest absolute Gasteiger partial charge is 0.245 e. The third-order valence-electron chi connectivity index (χ3n) is 7.65. The maximum absolute atomic E-state index is 13.4. The summed E-state index contributed by atoms with van der Waals surface area (Å²) in [5.41, 5.74) is 0. The monoisotopic (exact) mass is 572 g/mol. The van der Waals surface area contributed by atoms with E-state index < -0.39 is 22.1 Å². The Morgan fingerprint density at radius 2 is 1.92 bits per heavy atom. The van der Waals surface area contributed by atoms with Crippen molar-refractivity contribution in [2.75, 3.05) is 19.6 Å². The Morgan fingerprint density at radius 3 is 2.69 bits per heavy atom. The van der Waals surface area contributed by atoms with Gasteiger partial charge in [0.25, 0.3) is 0 Å². The molecule has 3 atom stereocenters. The number of rotatable bonds is 8. The zero-order valence-electron chi connectivity index (χ0n) is 22.0. The van der Waals surface area contributed by atoms with Gasteiger partial charge in [-0.15, -0.1) is 0 Å². The van der Waals surface area contributed by atoms with Crippen molar-refractivity contribution in [2.24, 2.45) is 7.05 Å². The van der Waals surface area contributed by atoms with Crippen LogP contribution >= 0.6 is 11.6 Å². The van der Waals surface area contributed by atoms with Crippen LogP contribution < -0.4 is 10.0 Å². The van der Waals surface area contributed by atoms with Gasteiger partial charge in [0, 0.05) is 50.1 Å². The Morgan fingerprint density at radius 1 is 1.15 bits per heavy atom. The lowest BCUT2D eigenvalue weighted by molar-refractivity contribution is -0.144. The number of aromatic nitrogens is 2. The van der Waals surface area contributed by atoms with Gasteiger partial charge in [-0.05, 0) is 61.2 Å². The minimum atomic E-state index is -3.94. The van der Waals surface area contributed by atoms with Crippen molar-refractivity contribution < 1.29 is 18.0 Å². The molecule has 2 aliphatic rings. The van der Waals surface area contributed by atoms with E-state index in [1.54, 1.807) is 48.4 Å². The number of sulfonamides is 1. The van der Waals surface area contributed by atoms with Crippen molar-refractivity contribution >= 4 is 44.2 Å². The van der Waals surface area contributed by atoms with Gasteiger partial charge in [0.1, 0.15) is 17.9 Å². The summed E-state index contributed by atoms with van der Waals surface area (Å²) in [6, 6.07) is 8.51. The summed E-state index contributed by atoms with van der Waals surface area (Å²) < 4.78 is 30.7. The molecule has 2 N–H and O–H groups in total. The summed E-state index contributed by atoms with van der Waals surface area (Å²) in [7, 11) is -2.00. The molecule has 3 heterocycles. The van der Waals surface area contributed by atoms with E-state index in [1.807, 2.05) is 17.8 Å². The van der Waals surface area contributed by atoms with Crippen molar-refractivity contribution in [1.82, 2.24) is 29.4 Å². The van der Waals surface area contributed by atoms with Crippen LogP contribution in [0.2, 0.25) is 5.02 Å². The zero-order chi connectivity index (χ0) is 27.7. The molecule has 2 saturated heterocycles. The molecule has 2 aromatic carbocycles. The molecule has 1 aromatic heterocycles. The fourth-order valence-corrected chi connectivity index (χ4v) is 6.80. The van der Waals surface area contributed by atoms with Gasteiger partial charge in [-0.3, -0.25) is 9.59 Å². The molecule has 0 spiro atoms. The van der Waals surface area contributed by atoms with Gasteiger partial charge in [0.15, 0.2) is 0 Å². The summed E-state index contributed by atoms with van der Waals surface area (Å²) in [6.07, 6.45) is 5.77. The Bertz CT molecular complexity index is 1490. The second-order valence-electron chi connectivity index (χ2n) is 10.3. The number of carbonyl (C=O) groups is 2. The predicted octanol–water partition coefficient (Wildman–Crippen LogP) is 2.28. The maximum atomic E-state index is 13.4. The minimum absolute atomic E-state index is 0.0742. The lowest BCUT2D eigenvalue weighted by Gasteiger charge is -2.36. The molecule has 208 valence electrons. The molecular formula is C27H33ClN6O4S. The first kappa shape index (κ1) is 27.6. The quantitative estimate of drug-likeness (QED) is 0.428. The molecular weight excluding hydrogens is 540 g/mol. The number of hydrogen-bond acceptors (Lipinski definition) is 6. The largest absolute Gasteiger partial charge is 0.339 e. The van der Waals surface area contributed by atoms with E-state index in [0.717, 1.165) is 29.4 Å². The van der Waals surface area contributed by atoms with Crippen LogP contribution in [0.5, 0.6) is 0 Å². The number of carbonyl (C=O) groups excluding carboxylic acids is 2. The number of halogens is 1. The van der Waals surface area contributed by atoms with Crippen LogP contribution in [0.15, 0.2) is 53.7 Å². The standard InChI is InChI=1S/C27H33ClN6O4S/c1-18(26(35)33-11-3-4-22(17-33)30-16-25-29-10-13-32(25)2)34-12-9-24(27(34)36)31-39(37,38)23-8-6-19-14-21(28)7-5-20(19)15-23/h5-8,10,13-15,18,22,24,30-31H,3-4,9,11-12,16-17H2,1-2H3/t18-,22?,24-/m0/s1. The number of piperidine rings is 1. The number of imidazole rings is 1. The number of aryl methyl sites for hydroxylation is 1. The van der Waals surface area contributed by atoms with Gasteiger partial charge in [-0.1, -0.05) is 23.7 Å². The summed E-state index contributed by atoms with van der Waals surface area (Å²) in [5.74, 6) is 0.424. The first-order valence-corrected chi connectivity index (χ1v) is 15.0. The molecule has 0 radical (unpaired) electrons. The average Bonchev–Trinajstić information content (AvgIpc) is 3.50. The first-order chi connectivity index (χ1) is 18.6. The predicted molar refractivity (Wildman–Crippen MR) is 149 cm³/mol. The minimum Gasteiger partial charge on any atom is -0.339 e. The van der Waals surface area contributed by atoms with E-state index in [-0.39, 0.29) is 22.8 Å². The van der Waals surface area contributed by atoms with Crippen LogP contribution in [-0.4, -0.2) is 77.3 Å². The van der Waals surface area contributed by atoms with Gasteiger partial charge >= 0.3 is 0 Å². The van der Waals surface area contributed by atoms with Crippen molar-refractivity contribution in [1.29, 1.82) is 0 Å². The van der Waals surface area contributed by atoms with E-state index in [0.29, 0.717) is 37.6 Å². The van der Waals surface area contributed by atoms with Crippen molar-refractivity contribution in [3.05, 3.63) is 59.6 Å². The maximum Gasteiger partial charge on any atom is 0.245 e. The highest BCUT2D eigenvalue weighted by atomic mass is 35.5. The van der Waals surface area contributed by atoms with Gasteiger partial charge in [0.05, 0.1) is 11.4 Å². The summed E-state index contributed by atoms with van der Waals surface area (Å²) in [6.45, 7) is 3.83. The van der Waals surface area contributed by atoms with Crippen LogP contribution in [0.1, 0.15) is 32.0 Å². The molecule has 0 bridgehead atoms. The van der Waals surface area contributed by atoms with Crippen LogP contribution in [-0.2, 0) is 33.2 Å². The topological polar surface area (TPSA) is 117 Å². The summed E-state index contributed by atoms with van der Waals surface area (Å²) in [5, 5.41) is 5.61. The average molecular weight is 573 g/mol. The second-order valence-corrected chi connectivity index (χ2v) is 12.4. The Labute approximate surface area is 233 Å². The first-order valence-electron chi connectivity index (χ1n) is 13.1. The SMILES string of the molecule is C[C@@H](C(=O)N1CCCC(NCc2nccn2C)C1)N1CC[C@H](NS(=O)(=O)c2ccc3cc(Cl)ccc3c2)C1=O. The Kier molecular flexibility index (Phi) is 7.95. The number of likely N-dealkylation sites (tertiary alicyclic amines) is 2. The molecule has 0 aliphatic carbocycles. The van der Waals surface area contributed by atoms with Crippen molar-refractivity contribution in [2.45, 2.75) is 55.8 Å². The number of hydrogen-bond donors (Lipinski definition) is 2. The van der Waals surface area contributed by atoms with Gasteiger partial charge in [-0.2, -0.15) is 4.72 Å². The highest BCUT2D eigenvalue weighted by molar-refractivity contribution is 7.89. The molecule has 2 amide bonds. The number of fused-ring (bicyclic) bond motifs is 1. The van der Waals surface area contributed by atoms with E-state index >= 15 is 0 Å². The second kappa shape index (κ2) is 11.2. The number of nitrogens with one attached hydrogen (secondary N) is 2. The molecule has 2 aliphatic heterocycles. The summed E-state index contributed by atoms with van der Waals surface area (Å²) >= 11 is 6.03. The molecule has 12 heteroatoms.